The lowest BCUT2D eigenvalue weighted by Gasteiger charge is -2.35. The number of carbonyl (C=O) groups excluding carboxylic acids is 2. The van der Waals surface area contributed by atoms with Crippen molar-refractivity contribution in [2.24, 2.45) is 5.73 Å². The summed E-state index contributed by atoms with van der Waals surface area (Å²) in [7, 11) is 1.66. The number of nitrogens with two attached hydrogens (primary N) is 1. The lowest BCUT2D eigenvalue weighted by atomic mass is 9.95. The quantitative estimate of drug-likeness (QED) is 0.0737. The van der Waals surface area contributed by atoms with E-state index in [-0.39, 0.29) is 36.9 Å². The van der Waals surface area contributed by atoms with Crippen LogP contribution in [0.1, 0.15) is 54.0 Å². The number of anilines is 2. The third-order valence-corrected chi connectivity index (χ3v) is 8.93. The highest BCUT2D eigenvalue weighted by Crippen LogP contribution is 2.34. The second-order valence-corrected chi connectivity index (χ2v) is 12.7. The van der Waals surface area contributed by atoms with Crippen molar-refractivity contribution in [2.45, 2.75) is 56.8 Å². The Labute approximate surface area is 301 Å². The molecule has 0 saturated heterocycles. The van der Waals surface area contributed by atoms with Crippen molar-refractivity contribution < 1.29 is 19.4 Å². The first-order chi connectivity index (χ1) is 24.9. The van der Waals surface area contributed by atoms with Crippen LogP contribution in [-0.2, 0) is 22.6 Å². The molecule has 5 N–H and O–H groups in total. The fraction of sp³-hybridized carbons (Fsp3) is 0.256. The molecular weight excluding hydrogens is 636 g/mol. The van der Waals surface area contributed by atoms with E-state index in [0.29, 0.717) is 31.5 Å². The maximum absolute atomic E-state index is 13.6. The number of hydrogen-bond donors (Lipinski definition) is 4. The van der Waals surface area contributed by atoms with Crippen molar-refractivity contribution in [3.63, 3.8) is 0 Å². The Hall–Kier alpha value is -5.44. The monoisotopic (exact) mass is 684 g/mol. The minimum absolute atomic E-state index is 0.0485. The predicted molar refractivity (Wildman–Crippen MR) is 205 cm³/mol. The first-order valence-corrected chi connectivity index (χ1v) is 17.5. The zero-order valence-electron chi connectivity index (χ0n) is 29.2. The average molecular weight is 685 g/mol. The minimum Gasteiger partial charge on any atom is -0.497 e. The van der Waals surface area contributed by atoms with E-state index in [1.54, 1.807) is 31.4 Å². The van der Waals surface area contributed by atoms with E-state index in [4.69, 9.17) is 10.5 Å². The summed E-state index contributed by atoms with van der Waals surface area (Å²) >= 11 is 0. The number of amides is 2. The molecule has 0 fully saturated rings. The minimum atomic E-state index is -0.757. The molecule has 0 heterocycles. The third-order valence-electron chi connectivity index (χ3n) is 8.93. The van der Waals surface area contributed by atoms with Crippen LogP contribution in [0.5, 0.6) is 5.75 Å². The van der Waals surface area contributed by atoms with E-state index in [2.05, 4.69) is 76.2 Å². The number of unbranched alkanes of at least 4 members (excludes halogenated alkanes) is 1. The Bertz CT molecular complexity index is 1730. The summed E-state index contributed by atoms with van der Waals surface area (Å²) in [6, 6.07) is 44.7. The first kappa shape index (κ1) is 36.8. The maximum atomic E-state index is 13.6. The molecule has 8 nitrogen and oxygen atoms in total. The number of aliphatic hydroxyl groups excluding tert-OH is 1. The van der Waals surface area contributed by atoms with Gasteiger partial charge in [-0.3, -0.25) is 9.59 Å². The van der Waals surface area contributed by atoms with Gasteiger partial charge in [0.15, 0.2) is 0 Å². The summed E-state index contributed by atoms with van der Waals surface area (Å²) in [5.74, 6) is 0.228. The number of methoxy groups -OCH3 is 1. The summed E-state index contributed by atoms with van der Waals surface area (Å²) in [6.45, 7) is 0.618. The van der Waals surface area contributed by atoms with E-state index in [1.807, 2.05) is 54.6 Å². The fourth-order valence-corrected chi connectivity index (χ4v) is 6.31. The topological polar surface area (TPSA) is 117 Å². The number of ether oxygens (including phenoxy) is 1. The summed E-state index contributed by atoms with van der Waals surface area (Å²) < 4.78 is 5.46. The molecule has 0 saturated carbocycles. The Kier molecular flexibility index (Phi) is 13.8. The SMILES string of the molecule is COc1ccc(N(CCCC[C@H](NC(=O)C[C@@H](N)Cc2ccccc2)C(=O)Nc2ccc(CO)cc2)C(c2ccccc2)c2ccccc2)cc1. The zero-order valence-corrected chi connectivity index (χ0v) is 29.2. The molecule has 0 aliphatic carbocycles. The standard InChI is InChI=1S/C43H48N4O4/c1-51-39-26-24-38(25-27-39)47(42(34-15-7-3-8-16-34)35-17-9-4-10-18-35)28-12-11-19-40(43(50)45-37-22-20-33(31-48)21-23-37)46-41(49)30-36(44)29-32-13-5-2-6-14-32/h2-10,13-18,20-27,36,40,42,48H,11-12,19,28-31,44H2,1H3,(H,45,50)(H,46,49)/t36-,40-/m0/s1. The highest BCUT2D eigenvalue weighted by atomic mass is 16.5. The molecule has 5 aromatic rings. The van der Waals surface area contributed by atoms with E-state index < -0.39 is 6.04 Å². The van der Waals surface area contributed by atoms with Gasteiger partial charge < -0.3 is 31.1 Å². The van der Waals surface area contributed by atoms with Crippen LogP contribution in [0.15, 0.2) is 140 Å². The number of nitrogens with zero attached hydrogens (tertiary/aromatic N) is 1. The highest BCUT2D eigenvalue weighted by molar-refractivity contribution is 5.97. The molecule has 2 atom stereocenters. The van der Waals surface area contributed by atoms with E-state index in [0.717, 1.165) is 29.0 Å². The van der Waals surface area contributed by atoms with Gasteiger partial charge in [0, 0.05) is 30.4 Å². The lowest BCUT2D eigenvalue weighted by molar-refractivity contribution is -0.126. The van der Waals surface area contributed by atoms with Crippen molar-refractivity contribution in [1.82, 2.24) is 5.32 Å². The average Bonchev–Trinajstić information content (AvgIpc) is 3.17. The van der Waals surface area contributed by atoms with Gasteiger partial charge in [0.05, 0.1) is 19.8 Å². The predicted octanol–water partition coefficient (Wildman–Crippen LogP) is 7.04. The fourth-order valence-electron chi connectivity index (χ4n) is 6.31. The number of benzene rings is 5. The normalized spacial score (nSPS) is 12.2. The Balaban J connectivity index is 1.31. The van der Waals surface area contributed by atoms with Gasteiger partial charge in [-0.15, -0.1) is 0 Å². The zero-order chi connectivity index (χ0) is 35.8. The van der Waals surface area contributed by atoms with Gasteiger partial charge in [0.25, 0.3) is 0 Å². The van der Waals surface area contributed by atoms with Gasteiger partial charge in [-0.2, -0.15) is 0 Å². The van der Waals surface area contributed by atoms with Crippen molar-refractivity contribution in [3.8, 4) is 5.75 Å². The molecule has 0 aromatic heterocycles. The van der Waals surface area contributed by atoms with E-state index >= 15 is 0 Å². The smallest absolute Gasteiger partial charge is 0.246 e. The van der Waals surface area contributed by atoms with E-state index in [1.165, 1.54) is 11.1 Å². The summed E-state index contributed by atoms with van der Waals surface area (Å²) in [5, 5.41) is 15.4. The molecule has 0 unspecified atom stereocenters. The summed E-state index contributed by atoms with van der Waals surface area (Å²) in [6.07, 6.45) is 2.55. The van der Waals surface area contributed by atoms with Crippen LogP contribution in [0.2, 0.25) is 0 Å². The number of rotatable bonds is 18. The highest BCUT2D eigenvalue weighted by Gasteiger charge is 2.25. The van der Waals surface area contributed by atoms with Gasteiger partial charge in [-0.25, -0.2) is 0 Å². The van der Waals surface area contributed by atoms with Crippen LogP contribution < -0.4 is 26.0 Å². The Morgan fingerprint density at radius 2 is 1.33 bits per heavy atom. The van der Waals surface area contributed by atoms with Gasteiger partial charge in [0.1, 0.15) is 11.8 Å². The van der Waals surface area contributed by atoms with Gasteiger partial charge in [0.2, 0.25) is 11.8 Å². The molecular formula is C43H48N4O4. The second-order valence-electron chi connectivity index (χ2n) is 12.7. The first-order valence-electron chi connectivity index (χ1n) is 17.5. The third kappa shape index (κ3) is 11.0. The molecule has 0 radical (unpaired) electrons. The van der Waals surface area contributed by atoms with Crippen molar-refractivity contribution in [3.05, 3.63) is 162 Å². The van der Waals surface area contributed by atoms with Crippen molar-refractivity contribution in [1.29, 1.82) is 0 Å². The van der Waals surface area contributed by atoms with Crippen LogP contribution in [0.25, 0.3) is 0 Å². The van der Waals surface area contributed by atoms with Crippen molar-refractivity contribution >= 4 is 23.2 Å². The largest absolute Gasteiger partial charge is 0.497 e. The van der Waals surface area contributed by atoms with Crippen LogP contribution in [0.4, 0.5) is 11.4 Å². The molecule has 0 bridgehead atoms. The molecule has 8 heteroatoms. The van der Waals surface area contributed by atoms with Crippen LogP contribution >= 0.6 is 0 Å². The molecule has 5 aromatic carbocycles. The van der Waals surface area contributed by atoms with Crippen LogP contribution in [-0.4, -0.2) is 42.7 Å². The molecule has 51 heavy (non-hydrogen) atoms. The molecule has 264 valence electrons. The molecule has 0 aliphatic rings. The molecule has 0 aliphatic heterocycles. The van der Waals surface area contributed by atoms with Gasteiger partial charge in [-0.05, 0) is 84.3 Å². The molecule has 0 spiro atoms. The van der Waals surface area contributed by atoms with Gasteiger partial charge in [-0.1, -0.05) is 103 Å². The van der Waals surface area contributed by atoms with E-state index in [9.17, 15) is 14.7 Å². The van der Waals surface area contributed by atoms with Crippen LogP contribution in [0.3, 0.4) is 0 Å². The van der Waals surface area contributed by atoms with Crippen LogP contribution in [0, 0.1) is 0 Å². The number of aliphatic hydroxyl groups is 1. The number of hydrogen-bond acceptors (Lipinski definition) is 6. The molecule has 5 rings (SSSR count). The summed E-state index contributed by atoms with van der Waals surface area (Å²) in [5.41, 5.74) is 12.2. The number of carbonyl (C=O) groups is 2. The molecule has 2 amide bonds. The second kappa shape index (κ2) is 19.1. The Morgan fingerprint density at radius 1 is 0.745 bits per heavy atom. The lowest BCUT2D eigenvalue weighted by Crippen LogP contribution is -2.45. The van der Waals surface area contributed by atoms with Crippen molar-refractivity contribution in [2.75, 3.05) is 23.9 Å². The maximum Gasteiger partial charge on any atom is 0.246 e. The number of nitrogens with one attached hydrogen (secondary N) is 2. The van der Waals surface area contributed by atoms with Gasteiger partial charge >= 0.3 is 0 Å². The Morgan fingerprint density at radius 3 is 1.90 bits per heavy atom. The summed E-state index contributed by atoms with van der Waals surface area (Å²) in [4.78, 5) is 29.3.